The molecule has 4 aromatic carbocycles. The molecule has 10 nitrogen and oxygen atoms in total. The van der Waals surface area contributed by atoms with Gasteiger partial charge in [-0.2, -0.15) is 0 Å². The average molecular weight is 677 g/mol. The number of benzene rings is 4. The minimum Gasteiger partial charge on any atom is -0.497 e. The lowest BCUT2D eigenvalue weighted by Gasteiger charge is -2.26. The lowest BCUT2D eigenvalue weighted by molar-refractivity contribution is -0.138. The maximum absolute atomic E-state index is 14.2. The summed E-state index contributed by atoms with van der Waals surface area (Å²) in [6, 6.07) is 27.6. The van der Waals surface area contributed by atoms with Crippen LogP contribution < -0.4 is 29.1 Å². The second kappa shape index (κ2) is 14.4. The van der Waals surface area contributed by atoms with Crippen LogP contribution in [0.2, 0.25) is 0 Å². The number of carbonyl (C=O) groups excluding carboxylic acids is 1. The summed E-state index contributed by atoms with van der Waals surface area (Å²) in [5.41, 5.74) is 3.32. The van der Waals surface area contributed by atoms with Gasteiger partial charge in [-0.1, -0.05) is 72.0 Å². The molecule has 5 aromatic rings. The minimum absolute atomic E-state index is 0.132. The predicted octanol–water partition coefficient (Wildman–Crippen LogP) is 5.23. The molecule has 1 aliphatic rings. The molecule has 0 radical (unpaired) electrons. The van der Waals surface area contributed by atoms with E-state index in [-0.39, 0.29) is 29.9 Å². The minimum atomic E-state index is -1.02. The van der Waals surface area contributed by atoms with Crippen molar-refractivity contribution in [3.63, 3.8) is 0 Å². The van der Waals surface area contributed by atoms with E-state index in [0.29, 0.717) is 49.0 Å². The molecule has 0 saturated heterocycles. The van der Waals surface area contributed by atoms with Gasteiger partial charge in [0, 0.05) is 5.56 Å². The molecule has 0 spiro atoms. The van der Waals surface area contributed by atoms with Crippen molar-refractivity contribution in [2.24, 2.45) is 4.99 Å². The van der Waals surface area contributed by atoms with Crippen molar-refractivity contribution < 1.29 is 33.6 Å². The summed E-state index contributed by atoms with van der Waals surface area (Å²) in [7, 11) is 3.09. The normalized spacial score (nSPS) is 14.1. The van der Waals surface area contributed by atoms with Crippen LogP contribution in [0.25, 0.3) is 11.8 Å². The van der Waals surface area contributed by atoms with Gasteiger partial charge in [0.15, 0.2) is 16.3 Å². The highest BCUT2D eigenvalue weighted by molar-refractivity contribution is 7.07. The van der Waals surface area contributed by atoms with Crippen LogP contribution in [-0.4, -0.2) is 42.4 Å². The average Bonchev–Trinajstić information content (AvgIpc) is 3.44. The van der Waals surface area contributed by atoms with Crippen LogP contribution in [0.4, 0.5) is 0 Å². The van der Waals surface area contributed by atoms with Crippen LogP contribution >= 0.6 is 11.3 Å². The fourth-order valence-electron chi connectivity index (χ4n) is 5.54. The van der Waals surface area contributed by atoms with E-state index in [0.717, 1.165) is 5.56 Å². The standard InChI is InChI=1S/C38H32N2O8S/c1-4-47-37(44)32-33(25-10-6-5-7-11-25)39-38-40(34(32)26-14-16-28(45-2)17-15-26)35(41)31(49-38)21-23-13-18-29(30(20-23)46-3)48-22-24-9-8-12-27(19-24)36(42)43/h5-21,34H,4,22H2,1-3H3,(H,42,43)/b31-21-/t34-/m1/s1. The van der Waals surface area contributed by atoms with Crippen molar-refractivity contribution in [3.8, 4) is 17.2 Å². The highest BCUT2D eigenvalue weighted by Gasteiger charge is 2.35. The van der Waals surface area contributed by atoms with Gasteiger partial charge in [-0.15, -0.1) is 0 Å². The molecule has 6 rings (SSSR count). The van der Waals surface area contributed by atoms with Crippen molar-refractivity contribution >= 4 is 35.0 Å². The lowest BCUT2D eigenvalue weighted by atomic mass is 9.93. The molecule has 1 aliphatic heterocycles. The first kappa shape index (κ1) is 33.0. The van der Waals surface area contributed by atoms with Crippen LogP contribution in [0.3, 0.4) is 0 Å². The molecule has 0 aliphatic carbocycles. The second-order valence-corrected chi connectivity index (χ2v) is 11.9. The fourth-order valence-corrected chi connectivity index (χ4v) is 6.54. The Kier molecular flexibility index (Phi) is 9.72. The van der Waals surface area contributed by atoms with Crippen LogP contribution in [0, 0.1) is 0 Å². The van der Waals surface area contributed by atoms with E-state index in [1.807, 2.05) is 42.5 Å². The van der Waals surface area contributed by atoms with E-state index in [9.17, 15) is 19.5 Å². The third kappa shape index (κ3) is 6.88. The topological polar surface area (TPSA) is 126 Å². The first-order chi connectivity index (χ1) is 23.8. The highest BCUT2D eigenvalue weighted by atomic mass is 32.1. The Hall–Kier alpha value is -5.94. The van der Waals surface area contributed by atoms with Gasteiger partial charge in [-0.25, -0.2) is 14.6 Å². The van der Waals surface area contributed by atoms with Crippen molar-refractivity contribution in [1.29, 1.82) is 0 Å². The predicted molar refractivity (Wildman–Crippen MR) is 185 cm³/mol. The number of fused-ring (bicyclic) bond motifs is 1. The van der Waals surface area contributed by atoms with E-state index in [4.69, 9.17) is 23.9 Å². The first-order valence-electron chi connectivity index (χ1n) is 15.4. The molecule has 49 heavy (non-hydrogen) atoms. The fraction of sp³-hybridized carbons (Fsp3) is 0.158. The number of ether oxygens (including phenoxy) is 4. The number of esters is 1. The van der Waals surface area contributed by atoms with Crippen LogP contribution in [-0.2, 0) is 16.1 Å². The molecule has 0 amide bonds. The van der Waals surface area contributed by atoms with Crippen molar-refractivity contribution in [3.05, 3.63) is 150 Å². The molecule has 248 valence electrons. The number of aromatic nitrogens is 1. The number of aromatic carboxylic acids is 1. The maximum Gasteiger partial charge on any atom is 0.338 e. The molecule has 0 fully saturated rings. The monoisotopic (exact) mass is 676 g/mol. The van der Waals surface area contributed by atoms with Gasteiger partial charge in [0.25, 0.3) is 5.56 Å². The Morgan fingerprint density at radius 2 is 1.69 bits per heavy atom. The Labute approximate surface area is 285 Å². The molecule has 0 bridgehead atoms. The molecule has 1 aromatic heterocycles. The first-order valence-corrected chi connectivity index (χ1v) is 16.2. The second-order valence-electron chi connectivity index (χ2n) is 10.9. The zero-order valence-corrected chi connectivity index (χ0v) is 27.7. The molecule has 0 saturated carbocycles. The van der Waals surface area contributed by atoms with Crippen molar-refractivity contribution in [2.75, 3.05) is 20.8 Å². The SMILES string of the molecule is CCOC(=O)C1=C(c2ccccc2)N=c2s/c(=C\c3ccc(OCc4cccc(C(=O)O)c4)c(OC)c3)c(=O)n2[C@@H]1c1ccc(OC)cc1. The third-order valence-corrected chi connectivity index (χ3v) is 8.84. The Morgan fingerprint density at radius 3 is 2.39 bits per heavy atom. The number of rotatable bonds is 11. The number of carbonyl (C=O) groups is 2. The zero-order valence-electron chi connectivity index (χ0n) is 26.9. The number of hydrogen-bond donors (Lipinski definition) is 1. The summed E-state index contributed by atoms with van der Waals surface area (Å²) in [6.07, 6.45) is 1.74. The quantitative estimate of drug-likeness (QED) is 0.189. The van der Waals surface area contributed by atoms with E-state index in [1.165, 1.54) is 29.1 Å². The van der Waals surface area contributed by atoms with Crippen LogP contribution in [0.15, 0.2) is 112 Å². The molecule has 11 heteroatoms. The summed E-state index contributed by atoms with van der Waals surface area (Å²) in [5, 5.41) is 9.30. The third-order valence-electron chi connectivity index (χ3n) is 7.86. The molecule has 1 atom stereocenters. The number of thiazole rings is 1. The lowest BCUT2D eigenvalue weighted by Crippen LogP contribution is -2.40. The molecule has 0 unspecified atom stereocenters. The Balaban J connectivity index is 1.44. The summed E-state index contributed by atoms with van der Waals surface area (Å²) < 4.78 is 24.4. The zero-order chi connectivity index (χ0) is 34.5. The van der Waals surface area contributed by atoms with E-state index >= 15 is 0 Å². The molecular weight excluding hydrogens is 644 g/mol. The Morgan fingerprint density at radius 1 is 0.918 bits per heavy atom. The number of nitrogens with zero attached hydrogens (tertiary/aromatic N) is 2. The summed E-state index contributed by atoms with van der Waals surface area (Å²) >= 11 is 1.21. The largest absolute Gasteiger partial charge is 0.497 e. The molecular formula is C38H32N2O8S. The van der Waals surface area contributed by atoms with Gasteiger partial charge in [0.1, 0.15) is 12.4 Å². The van der Waals surface area contributed by atoms with Crippen molar-refractivity contribution in [1.82, 2.24) is 4.57 Å². The highest BCUT2D eigenvalue weighted by Crippen LogP contribution is 2.36. The number of hydrogen-bond acceptors (Lipinski definition) is 9. The maximum atomic E-state index is 14.2. The van der Waals surface area contributed by atoms with Gasteiger partial charge in [-0.3, -0.25) is 9.36 Å². The number of methoxy groups -OCH3 is 2. The number of carboxylic acid groups (broad SMARTS) is 1. The van der Waals surface area contributed by atoms with E-state index < -0.39 is 18.0 Å². The summed E-state index contributed by atoms with van der Waals surface area (Å²) in [6.45, 7) is 2.02. The van der Waals surface area contributed by atoms with Crippen molar-refractivity contribution in [2.45, 2.75) is 19.6 Å². The van der Waals surface area contributed by atoms with Gasteiger partial charge in [-0.05, 0) is 66.1 Å². The molecule has 2 heterocycles. The summed E-state index contributed by atoms with van der Waals surface area (Å²) in [5.74, 6) is -0.0554. The smallest absolute Gasteiger partial charge is 0.338 e. The van der Waals surface area contributed by atoms with Gasteiger partial charge >= 0.3 is 11.9 Å². The van der Waals surface area contributed by atoms with Gasteiger partial charge in [0.2, 0.25) is 0 Å². The van der Waals surface area contributed by atoms with E-state index in [2.05, 4.69) is 0 Å². The van der Waals surface area contributed by atoms with Gasteiger partial charge < -0.3 is 24.1 Å². The van der Waals surface area contributed by atoms with Crippen LogP contribution in [0.1, 0.15) is 45.6 Å². The molecule has 1 N–H and O–H groups in total. The van der Waals surface area contributed by atoms with Crippen LogP contribution in [0.5, 0.6) is 17.2 Å². The van der Waals surface area contributed by atoms with E-state index in [1.54, 1.807) is 68.6 Å². The number of carboxylic acids is 1. The Bertz CT molecular complexity index is 2240. The van der Waals surface area contributed by atoms with Gasteiger partial charge in [0.05, 0.1) is 48.2 Å². The summed E-state index contributed by atoms with van der Waals surface area (Å²) in [4.78, 5) is 44.6.